The van der Waals surface area contributed by atoms with E-state index in [9.17, 15) is 4.79 Å². The van der Waals surface area contributed by atoms with E-state index in [1.165, 1.54) is 0 Å². The average molecular weight is 305 g/mol. The fourth-order valence-electron chi connectivity index (χ4n) is 3.16. The highest BCUT2D eigenvalue weighted by Crippen LogP contribution is 2.27. The Kier molecular flexibility index (Phi) is 5.56. The first-order valence-electron chi connectivity index (χ1n) is 7.89. The van der Waals surface area contributed by atoms with Crippen molar-refractivity contribution in [1.29, 1.82) is 0 Å². The number of likely N-dealkylation sites (N-methyl/N-ethyl adjacent to an activating group) is 2. The van der Waals surface area contributed by atoms with Crippen LogP contribution in [0, 0.1) is 0 Å². The Labute approximate surface area is 133 Å². The van der Waals surface area contributed by atoms with E-state index in [0.29, 0.717) is 19.6 Å². The number of hydrogen-bond donors (Lipinski definition) is 1. The van der Waals surface area contributed by atoms with Crippen LogP contribution in [0.15, 0.2) is 24.3 Å². The molecule has 1 N–H and O–H groups in total. The number of ketones is 1. The molecule has 2 rings (SSSR count). The van der Waals surface area contributed by atoms with Gasteiger partial charge in [0.1, 0.15) is 5.66 Å². The van der Waals surface area contributed by atoms with Gasteiger partial charge in [-0.2, -0.15) is 0 Å². The second kappa shape index (κ2) is 7.22. The molecule has 0 radical (unpaired) electrons. The van der Waals surface area contributed by atoms with Crippen LogP contribution in [0.2, 0.25) is 0 Å². The van der Waals surface area contributed by atoms with Gasteiger partial charge >= 0.3 is 0 Å². The number of Topliss-reactive ketones (excluding diaryl/α,β-unsaturated/α-hetero) is 1. The lowest BCUT2D eigenvalue weighted by Gasteiger charge is -2.39. The van der Waals surface area contributed by atoms with Crippen molar-refractivity contribution in [3.63, 3.8) is 0 Å². The first-order chi connectivity index (χ1) is 10.6. The SMILES string of the molecule is CCC(NC)(C(=O)c1ccccc1N1CCOCC1)N(C)C. The molecule has 1 heterocycles. The summed E-state index contributed by atoms with van der Waals surface area (Å²) in [4.78, 5) is 17.5. The molecular formula is C17H27N3O2. The molecule has 122 valence electrons. The Hall–Kier alpha value is -1.43. The lowest BCUT2D eigenvalue weighted by atomic mass is 9.92. The van der Waals surface area contributed by atoms with Crippen LogP contribution >= 0.6 is 0 Å². The summed E-state index contributed by atoms with van der Waals surface area (Å²) in [7, 11) is 5.73. The minimum atomic E-state index is -0.678. The number of nitrogens with zero attached hydrogens (tertiary/aromatic N) is 2. The quantitative estimate of drug-likeness (QED) is 0.639. The predicted molar refractivity (Wildman–Crippen MR) is 89.6 cm³/mol. The molecule has 1 saturated heterocycles. The maximum atomic E-state index is 13.3. The van der Waals surface area contributed by atoms with Gasteiger partial charge < -0.3 is 9.64 Å². The summed E-state index contributed by atoms with van der Waals surface area (Å²) in [6.45, 7) is 5.10. The van der Waals surface area contributed by atoms with Crippen molar-refractivity contribution in [2.24, 2.45) is 0 Å². The zero-order valence-corrected chi connectivity index (χ0v) is 14.1. The molecule has 0 amide bonds. The molecule has 5 nitrogen and oxygen atoms in total. The Morgan fingerprint density at radius 1 is 1.32 bits per heavy atom. The Balaban J connectivity index is 2.41. The number of rotatable bonds is 6. The van der Waals surface area contributed by atoms with Crippen LogP contribution in [0.4, 0.5) is 5.69 Å². The van der Waals surface area contributed by atoms with E-state index < -0.39 is 5.66 Å². The molecule has 0 saturated carbocycles. The van der Waals surface area contributed by atoms with Crippen LogP contribution in [0.25, 0.3) is 0 Å². The van der Waals surface area contributed by atoms with E-state index >= 15 is 0 Å². The molecule has 0 aliphatic carbocycles. The maximum absolute atomic E-state index is 13.3. The number of para-hydroxylation sites is 1. The van der Waals surface area contributed by atoms with E-state index in [4.69, 9.17) is 4.74 Å². The number of benzene rings is 1. The highest BCUT2D eigenvalue weighted by atomic mass is 16.5. The van der Waals surface area contributed by atoms with E-state index in [1.807, 2.05) is 57.2 Å². The first-order valence-corrected chi connectivity index (χ1v) is 7.89. The van der Waals surface area contributed by atoms with Gasteiger partial charge in [-0.15, -0.1) is 0 Å². The Morgan fingerprint density at radius 3 is 2.50 bits per heavy atom. The molecule has 1 fully saturated rings. The van der Waals surface area contributed by atoms with Gasteiger partial charge in [0, 0.05) is 24.3 Å². The summed E-state index contributed by atoms with van der Waals surface area (Å²) in [6, 6.07) is 7.88. The van der Waals surface area contributed by atoms with Gasteiger partial charge in [0.2, 0.25) is 0 Å². The monoisotopic (exact) mass is 305 g/mol. The van der Waals surface area contributed by atoms with Crippen molar-refractivity contribution in [2.45, 2.75) is 19.0 Å². The Morgan fingerprint density at radius 2 is 1.95 bits per heavy atom. The van der Waals surface area contributed by atoms with Gasteiger partial charge in [-0.05, 0) is 39.7 Å². The van der Waals surface area contributed by atoms with E-state index in [2.05, 4.69) is 10.2 Å². The van der Waals surface area contributed by atoms with Gasteiger partial charge in [0.15, 0.2) is 5.78 Å². The van der Waals surface area contributed by atoms with Gasteiger partial charge in [-0.25, -0.2) is 0 Å². The molecule has 0 aromatic heterocycles. The molecule has 0 bridgehead atoms. The highest BCUT2D eigenvalue weighted by molar-refractivity contribution is 6.07. The van der Waals surface area contributed by atoms with Gasteiger partial charge in [-0.3, -0.25) is 15.0 Å². The van der Waals surface area contributed by atoms with Gasteiger partial charge in [0.25, 0.3) is 0 Å². The molecule has 1 aliphatic rings. The third-order valence-corrected chi connectivity index (χ3v) is 4.56. The normalized spacial score (nSPS) is 18.3. The number of carbonyl (C=O) groups excluding carboxylic acids is 1. The third kappa shape index (κ3) is 3.02. The van der Waals surface area contributed by atoms with Gasteiger partial charge in [-0.1, -0.05) is 19.1 Å². The molecule has 1 aromatic rings. The van der Waals surface area contributed by atoms with E-state index in [-0.39, 0.29) is 5.78 Å². The standard InChI is InChI=1S/C17H27N3O2/c1-5-17(18-2,19(3)4)16(21)14-8-6-7-9-15(14)20-10-12-22-13-11-20/h6-9,18H,5,10-13H2,1-4H3. The minimum absolute atomic E-state index is 0.115. The number of carbonyl (C=O) groups is 1. The van der Waals surface area contributed by atoms with Crippen molar-refractivity contribution in [3.8, 4) is 0 Å². The van der Waals surface area contributed by atoms with Crippen molar-refractivity contribution in [3.05, 3.63) is 29.8 Å². The lowest BCUT2D eigenvalue weighted by molar-refractivity contribution is 0.0589. The van der Waals surface area contributed by atoms with Crippen molar-refractivity contribution in [1.82, 2.24) is 10.2 Å². The highest BCUT2D eigenvalue weighted by Gasteiger charge is 2.39. The molecule has 5 heteroatoms. The number of morpholine rings is 1. The molecule has 1 aliphatic heterocycles. The average Bonchev–Trinajstić information content (AvgIpc) is 2.57. The Bertz CT molecular complexity index is 506. The van der Waals surface area contributed by atoms with Crippen LogP contribution in [-0.2, 0) is 4.74 Å². The zero-order valence-electron chi connectivity index (χ0n) is 14.1. The fourth-order valence-corrected chi connectivity index (χ4v) is 3.16. The molecule has 1 aromatic carbocycles. The van der Waals surface area contributed by atoms with Crippen molar-refractivity contribution in [2.75, 3.05) is 52.3 Å². The topological polar surface area (TPSA) is 44.8 Å². The van der Waals surface area contributed by atoms with Crippen LogP contribution in [0.3, 0.4) is 0 Å². The molecule has 1 unspecified atom stereocenters. The summed E-state index contributed by atoms with van der Waals surface area (Å²) in [5.74, 6) is 0.115. The van der Waals surface area contributed by atoms with Crippen LogP contribution < -0.4 is 10.2 Å². The number of hydrogen-bond acceptors (Lipinski definition) is 5. The summed E-state index contributed by atoms with van der Waals surface area (Å²) in [5.41, 5.74) is 1.10. The van der Waals surface area contributed by atoms with Crippen LogP contribution in [-0.4, -0.2) is 63.8 Å². The smallest absolute Gasteiger partial charge is 0.199 e. The maximum Gasteiger partial charge on any atom is 0.199 e. The summed E-state index contributed by atoms with van der Waals surface area (Å²) >= 11 is 0. The lowest BCUT2D eigenvalue weighted by Crippen LogP contribution is -2.60. The fraction of sp³-hybridized carbons (Fsp3) is 0.588. The van der Waals surface area contributed by atoms with Crippen molar-refractivity contribution < 1.29 is 9.53 Å². The summed E-state index contributed by atoms with van der Waals surface area (Å²) in [6.07, 6.45) is 0.701. The predicted octanol–water partition coefficient (Wildman–Crippen LogP) is 1.59. The van der Waals surface area contributed by atoms with Gasteiger partial charge in [0.05, 0.1) is 13.2 Å². The molecular weight excluding hydrogens is 278 g/mol. The first kappa shape index (κ1) is 16.9. The van der Waals surface area contributed by atoms with Crippen LogP contribution in [0.5, 0.6) is 0 Å². The van der Waals surface area contributed by atoms with E-state index in [0.717, 1.165) is 24.3 Å². The zero-order chi connectivity index (χ0) is 16.2. The largest absolute Gasteiger partial charge is 0.378 e. The minimum Gasteiger partial charge on any atom is -0.378 e. The molecule has 1 atom stereocenters. The molecule has 0 spiro atoms. The number of anilines is 1. The van der Waals surface area contributed by atoms with Crippen molar-refractivity contribution >= 4 is 11.5 Å². The van der Waals surface area contributed by atoms with Crippen LogP contribution in [0.1, 0.15) is 23.7 Å². The number of ether oxygens (including phenoxy) is 1. The summed E-state index contributed by atoms with van der Waals surface area (Å²) in [5, 5.41) is 3.23. The number of nitrogens with one attached hydrogen (secondary N) is 1. The molecule has 22 heavy (non-hydrogen) atoms. The van der Waals surface area contributed by atoms with E-state index in [1.54, 1.807) is 0 Å². The second-order valence-corrected chi connectivity index (χ2v) is 5.80. The summed E-state index contributed by atoms with van der Waals surface area (Å²) < 4.78 is 5.42. The third-order valence-electron chi connectivity index (χ3n) is 4.56. The second-order valence-electron chi connectivity index (χ2n) is 5.80.